The van der Waals surface area contributed by atoms with Crippen LogP contribution in [0.5, 0.6) is 5.75 Å². The first kappa shape index (κ1) is 25.0. The van der Waals surface area contributed by atoms with Gasteiger partial charge in [0.05, 0.1) is 13.7 Å². The molecule has 156 valence electrons. The first-order valence-corrected chi connectivity index (χ1v) is 10.8. The molecule has 0 aliphatic rings. The van der Waals surface area contributed by atoms with Crippen LogP contribution in [0.2, 0.25) is 0 Å². The van der Waals surface area contributed by atoms with Crippen molar-refractivity contribution in [2.45, 2.75) is 45.3 Å². The van der Waals surface area contributed by atoms with Crippen LogP contribution >= 0.6 is 0 Å². The van der Waals surface area contributed by atoms with E-state index in [-0.39, 0.29) is 25.0 Å². The average molecular weight is 406 g/mol. The van der Waals surface area contributed by atoms with Gasteiger partial charge in [-0.25, -0.2) is 6.08 Å². The van der Waals surface area contributed by atoms with Crippen LogP contribution in [0.4, 0.5) is 0 Å². The van der Waals surface area contributed by atoms with Gasteiger partial charge in [0.1, 0.15) is 5.75 Å². The van der Waals surface area contributed by atoms with Gasteiger partial charge in [0.15, 0.2) is 0 Å². The Morgan fingerprint density at radius 3 is 2.00 bits per heavy atom. The van der Waals surface area contributed by atoms with Gasteiger partial charge in [-0.2, -0.15) is 0 Å². The predicted molar refractivity (Wildman–Crippen MR) is 125 cm³/mol. The number of benzene rings is 3. The van der Waals surface area contributed by atoms with Crippen LogP contribution in [0, 0.1) is 6.58 Å². The topological polar surface area (TPSA) is 18.5 Å². The van der Waals surface area contributed by atoms with Crippen LogP contribution in [0.1, 0.15) is 38.2 Å². The van der Waals surface area contributed by atoms with Gasteiger partial charge in [0.25, 0.3) is 0 Å². The molecule has 0 aliphatic carbocycles. The van der Waals surface area contributed by atoms with Crippen molar-refractivity contribution in [1.29, 1.82) is 0 Å². The van der Waals surface area contributed by atoms with Crippen LogP contribution in [0.15, 0.2) is 78.9 Å². The van der Waals surface area contributed by atoms with Crippen molar-refractivity contribution in [2.24, 2.45) is 0 Å². The first-order valence-electron chi connectivity index (χ1n) is 10.8. The molecule has 0 aliphatic heterocycles. The van der Waals surface area contributed by atoms with Crippen LogP contribution in [0.25, 0.3) is 22.3 Å². The summed E-state index contributed by atoms with van der Waals surface area (Å²) in [6.45, 7) is 8.57. The maximum atomic E-state index is 6.23. The van der Waals surface area contributed by atoms with Crippen molar-refractivity contribution in [3.8, 4) is 28.0 Å². The van der Waals surface area contributed by atoms with E-state index >= 15 is 0 Å². The van der Waals surface area contributed by atoms with Crippen molar-refractivity contribution in [3.05, 3.63) is 91.0 Å². The summed E-state index contributed by atoms with van der Waals surface area (Å²) in [5.74, 6) is 0.855. The quantitative estimate of drug-likeness (QED) is 0.265. The molecular formula is C28H31LiO2. The van der Waals surface area contributed by atoms with E-state index in [1.165, 1.54) is 12.8 Å². The smallest absolute Gasteiger partial charge is 0.515 e. The van der Waals surface area contributed by atoms with E-state index in [2.05, 4.69) is 61.5 Å². The van der Waals surface area contributed by atoms with Gasteiger partial charge in [0, 0.05) is 11.7 Å². The fraction of sp³-hybridized carbons (Fsp3) is 0.286. The molecule has 1 atom stereocenters. The first-order chi connectivity index (χ1) is 14.8. The van der Waals surface area contributed by atoms with E-state index < -0.39 is 0 Å². The number of hydrogen-bond donors (Lipinski definition) is 0. The average Bonchev–Trinajstić information content (AvgIpc) is 2.81. The fourth-order valence-electron chi connectivity index (χ4n) is 3.77. The number of unbranched alkanes of at least 4 members (excludes halogenated alkanes) is 2. The summed E-state index contributed by atoms with van der Waals surface area (Å²) < 4.78 is 12.0. The molecule has 0 bridgehead atoms. The summed E-state index contributed by atoms with van der Waals surface area (Å²) in [6.07, 6.45) is 6.10. The molecule has 0 fully saturated rings. The van der Waals surface area contributed by atoms with E-state index in [1.54, 1.807) is 13.2 Å². The monoisotopic (exact) mass is 406 g/mol. The fourth-order valence-corrected chi connectivity index (χ4v) is 3.77. The Hall–Kier alpha value is -2.24. The van der Waals surface area contributed by atoms with Gasteiger partial charge in [-0.15, -0.1) is 0 Å². The third-order valence-electron chi connectivity index (χ3n) is 5.36. The number of methoxy groups -OCH3 is 1. The minimum atomic E-state index is -0.0394. The molecule has 2 nitrogen and oxygen atoms in total. The van der Waals surface area contributed by atoms with Crippen LogP contribution in [-0.2, 0) is 11.3 Å². The van der Waals surface area contributed by atoms with Gasteiger partial charge in [-0.3, -0.25) is 0 Å². The van der Waals surface area contributed by atoms with Gasteiger partial charge in [-0.05, 0) is 34.7 Å². The molecule has 3 aromatic rings. The van der Waals surface area contributed by atoms with Crippen molar-refractivity contribution in [1.82, 2.24) is 0 Å². The Kier molecular flexibility index (Phi) is 10.7. The SMILES string of the molecule is [CH-]=CC(CCCCC)OCc1ccc(OC)c(-c2ccccc2)c1-c1ccccc1.[Li+]. The standard InChI is InChI=1S/C28H31O2.Li/c1-4-6-9-18-25(5-2)30-21-24-19-20-26(29-3)28(23-16-12-8-13-17-23)27(24)22-14-10-7-11-15-22;/h2,5,7-8,10-17,19-20,25H,4,6,9,18,21H2,1,3H3;/q-1;+1. The van der Waals surface area contributed by atoms with E-state index in [0.717, 1.165) is 46.4 Å². The molecule has 3 aromatic carbocycles. The van der Waals surface area contributed by atoms with Crippen molar-refractivity contribution in [3.63, 3.8) is 0 Å². The van der Waals surface area contributed by atoms with Crippen molar-refractivity contribution >= 4 is 0 Å². The third-order valence-corrected chi connectivity index (χ3v) is 5.36. The summed E-state index contributed by atoms with van der Waals surface area (Å²) in [7, 11) is 1.72. The van der Waals surface area contributed by atoms with E-state index in [9.17, 15) is 0 Å². The molecule has 3 heteroatoms. The second-order valence-corrected chi connectivity index (χ2v) is 7.45. The van der Waals surface area contributed by atoms with E-state index in [1.807, 2.05) is 18.2 Å². The van der Waals surface area contributed by atoms with Crippen LogP contribution in [-0.4, -0.2) is 13.2 Å². The summed E-state index contributed by atoms with van der Waals surface area (Å²) in [4.78, 5) is 0. The van der Waals surface area contributed by atoms with Crippen molar-refractivity contribution < 1.29 is 28.3 Å². The van der Waals surface area contributed by atoms with Crippen LogP contribution in [0.3, 0.4) is 0 Å². The Labute approximate surface area is 199 Å². The number of rotatable bonds is 11. The maximum Gasteiger partial charge on any atom is 1.00 e. The van der Waals surface area contributed by atoms with Crippen molar-refractivity contribution in [2.75, 3.05) is 7.11 Å². The molecule has 3 rings (SSSR count). The maximum absolute atomic E-state index is 6.23. The predicted octanol–water partition coefficient (Wildman–Crippen LogP) is 4.49. The number of ether oxygens (including phenoxy) is 2. The summed E-state index contributed by atoms with van der Waals surface area (Å²) >= 11 is 0. The molecule has 0 heterocycles. The van der Waals surface area contributed by atoms with Gasteiger partial charge in [0.2, 0.25) is 0 Å². The minimum absolute atomic E-state index is 0. The molecule has 1 unspecified atom stereocenters. The normalized spacial score (nSPS) is 11.4. The Morgan fingerprint density at radius 1 is 0.839 bits per heavy atom. The Balaban J connectivity index is 0.00000341. The summed E-state index contributed by atoms with van der Waals surface area (Å²) in [6, 6.07) is 25.0. The molecule has 0 N–H and O–H groups in total. The molecule has 0 saturated heterocycles. The van der Waals surface area contributed by atoms with E-state index in [0.29, 0.717) is 6.61 Å². The van der Waals surface area contributed by atoms with Gasteiger partial charge >= 0.3 is 18.9 Å². The van der Waals surface area contributed by atoms with Crippen LogP contribution < -0.4 is 23.6 Å². The van der Waals surface area contributed by atoms with Gasteiger partial charge in [-0.1, -0.05) is 92.9 Å². The molecule has 0 amide bonds. The third kappa shape index (κ3) is 6.62. The molecule has 0 radical (unpaired) electrons. The zero-order chi connectivity index (χ0) is 21.2. The molecule has 0 aromatic heterocycles. The second kappa shape index (κ2) is 13.2. The van der Waals surface area contributed by atoms with Gasteiger partial charge < -0.3 is 16.1 Å². The molecule has 0 spiro atoms. The molecular weight excluding hydrogens is 375 g/mol. The Morgan fingerprint density at radius 2 is 1.45 bits per heavy atom. The molecule has 0 saturated carbocycles. The summed E-state index contributed by atoms with van der Waals surface area (Å²) in [5, 5.41) is 0. The molecule has 31 heavy (non-hydrogen) atoms. The van der Waals surface area contributed by atoms with E-state index in [4.69, 9.17) is 16.1 Å². The zero-order valence-corrected chi connectivity index (χ0v) is 19.0. The summed E-state index contributed by atoms with van der Waals surface area (Å²) in [5.41, 5.74) is 5.63. The largest absolute Gasteiger partial charge is 1.00 e. The number of hydrogen-bond acceptors (Lipinski definition) is 2. The minimum Gasteiger partial charge on any atom is -0.515 e. The Bertz CT molecular complexity index is 923. The zero-order valence-electron chi connectivity index (χ0n) is 19.0. The second-order valence-electron chi connectivity index (χ2n) is 7.45.